The molecule has 22 heteroatoms. The van der Waals surface area contributed by atoms with Gasteiger partial charge in [-0.15, -0.1) is 0 Å². The molecule has 0 radical (unpaired) electrons. The Morgan fingerprint density at radius 1 is 0.827 bits per heavy atom. The zero-order chi connectivity index (χ0) is 39.7. The van der Waals surface area contributed by atoms with Crippen LogP contribution in [0.25, 0.3) is 0 Å². The Morgan fingerprint density at radius 2 is 1.46 bits per heavy atom. The minimum atomic E-state index is -1.67. The quantitative estimate of drug-likeness (QED) is 0.0279. The van der Waals surface area contributed by atoms with Gasteiger partial charge < -0.3 is 68.7 Å². The molecular formula is C30H52N10O12. The van der Waals surface area contributed by atoms with Crippen LogP contribution in [0.2, 0.25) is 0 Å². The molecule has 0 aromatic heterocycles. The molecule has 1 saturated heterocycles. The lowest BCUT2D eigenvalue weighted by atomic mass is 10.0. The maximum atomic E-state index is 13.7. The molecule has 1 fully saturated rings. The number of nitrogens with two attached hydrogens (primary N) is 2. The average molecular weight is 745 g/mol. The van der Waals surface area contributed by atoms with Crippen molar-refractivity contribution in [3.8, 4) is 0 Å². The summed E-state index contributed by atoms with van der Waals surface area (Å²) in [7, 11) is 0. The van der Waals surface area contributed by atoms with Gasteiger partial charge in [0.2, 0.25) is 35.4 Å². The molecule has 52 heavy (non-hydrogen) atoms. The second-order valence-electron chi connectivity index (χ2n) is 12.6. The van der Waals surface area contributed by atoms with Crippen LogP contribution in [-0.2, 0) is 38.4 Å². The molecule has 1 aliphatic rings. The summed E-state index contributed by atoms with van der Waals surface area (Å²) in [4.78, 5) is 101. The molecule has 294 valence electrons. The summed E-state index contributed by atoms with van der Waals surface area (Å²) >= 11 is 0. The van der Waals surface area contributed by atoms with E-state index in [9.17, 15) is 48.6 Å². The molecule has 1 rings (SSSR count). The Hall–Kier alpha value is -5.09. The second-order valence-corrected chi connectivity index (χ2v) is 12.6. The summed E-state index contributed by atoms with van der Waals surface area (Å²) in [6.45, 7) is 2.85. The molecular weight excluding hydrogens is 692 g/mol. The Kier molecular flexibility index (Phi) is 19.0. The molecule has 1 heterocycles. The normalized spacial score (nSPS) is 17.4. The number of hydrogen-bond acceptors (Lipinski definition) is 12. The van der Waals surface area contributed by atoms with Gasteiger partial charge in [0.15, 0.2) is 5.96 Å². The average Bonchev–Trinajstić information content (AvgIpc) is 3.56. The van der Waals surface area contributed by atoms with E-state index in [1.165, 1.54) is 6.92 Å². The van der Waals surface area contributed by atoms with Gasteiger partial charge in [-0.05, 0) is 44.9 Å². The largest absolute Gasteiger partial charge is 0.481 e. The smallest absolute Gasteiger partial charge is 0.322 e. The van der Waals surface area contributed by atoms with Crippen molar-refractivity contribution < 1.29 is 58.8 Å². The first-order valence-electron chi connectivity index (χ1n) is 16.7. The first kappa shape index (κ1) is 44.9. The SMILES string of the molecule is CC(C)[C@H](NC(=O)[C@@H](N)CCC(=O)O)C(=O)N[C@@H](CO)C(=O)N[C@H](C(=O)N1CCC[C@H]1C(=O)N[C@@H](CCCNC(=N)N)C(=O)NCC(=O)O)[C@@H](C)O. The molecule has 22 nitrogen and oxygen atoms in total. The second kappa shape index (κ2) is 22.0. The fourth-order valence-corrected chi connectivity index (χ4v) is 5.14. The lowest BCUT2D eigenvalue weighted by Gasteiger charge is -2.31. The van der Waals surface area contributed by atoms with Gasteiger partial charge in [-0.3, -0.25) is 43.8 Å². The highest BCUT2D eigenvalue weighted by atomic mass is 16.4. The number of carbonyl (C=O) groups excluding carboxylic acids is 6. The van der Waals surface area contributed by atoms with E-state index in [1.54, 1.807) is 13.8 Å². The minimum Gasteiger partial charge on any atom is -0.481 e. The van der Waals surface area contributed by atoms with Crippen molar-refractivity contribution in [2.24, 2.45) is 17.4 Å². The molecule has 0 aliphatic carbocycles. The van der Waals surface area contributed by atoms with Crippen molar-refractivity contribution in [1.82, 2.24) is 36.8 Å². The number of aliphatic hydroxyl groups is 2. The number of nitrogens with one attached hydrogen (secondary N) is 7. The van der Waals surface area contributed by atoms with Gasteiger partial charge in [0, 0.05) is 19.5 Å². The Morgan fingerprint density at radius 3 is 2.00 bits per heavy atom. The van der Waals surface area contributed by atoms with Crippen molar-refractivity contribution >= 4 is 53.3 Å². The highest BCUT2D eigenvalue weighted by molar-refractivity contribution is 5.97. The molecule has 0 bridgehead atoms. The number of likely N-dealkylation sites (tertiary alicyclic amines) is 1. The number of nitrogens with zero attached hydrogens (tertiary/aromatic N) is 1. The maximum Gasteiger partial charge on any atom is 0.322 e. The number of rotatable bonds is 22. The van der Waals surface area contributed by atoms with Crippen molar-refractivity contribution in [2.75, 3.05) is 26.2 Å². The highest BCUT2D eigenvalue weighted by Crippen LogP contribution is 2.20. The van der Waals surface area contributed by atoms with Gasteiger partial charge >= 0.3 is 11.9 Å². The first-order valence-corrected chi connectivity index (χ1v) is 16.7. The predicted molar refractivity (Wildman–Crippen MR) is 181 cm³/mol. The number of carboxylic acids is 2. The van der Waals surface area contributed by atoms with Crippen LogP contribution in [0.3, 0.4) is 0 Å². The number of aliphatic carboxylic acids is 2. The Labute approximate surface area is 299 Å². The van der Waals surface area contributed by atoms with Crippen LogP contribution in [-0.4, -0.2) is 147 Å². The van der Waals surface area contributed by atoms with Gasteiger partial charge in [-0.1, -0.05) is 13.8 Å². The number of carbonyl (C=O) groups is 8. The van der Waals surface area contributed by atoms with Gasteiger partial charge in [0.1, 0.15) is 36.8 Å². The number of hydrogen-bond donors (Lipinski definition) is 13. The number of carboxylic acid groups (broad SMARTS) is 2. The van der Waals surface area contributed by atoms with Crippen LogP contribution in [0, 0.1) is 11.3 Å². The summed E-state index contributed by atoms with van der Waals surface area (Å²) in [5, 5.41) is 59.6. The van der Waals surface area contributed by atoms with E-state index in [0.29, 0.717) is 6.42 Å². The van der Waals surface area contributed by atoms with Crippen LogP contribution in [0.4, 0.5) is 0 Å². The van der Waals surface area contributed by atoms with Gasteiger partial charge in [-0.2, -0.15) is 0 Å². The highest BCUT2D eigenvalue weighted by Gasteiger charge is 2.41. The summed E-state index contributed by atoms with van der Waals surface area (Å²) in [6.07, 6.45) is -1.40. The van der Waals surface area contributed by atoms with E-state index in [0.717, 1.165) is 4.90 Å². The monoisotopic (exact) mass is 744 g/mol. The van der Waals surface area contributed by atoms with Crippen molar-refractivity contribution in [2.45, 2.75) is 102 Å². The lowest BCUT2D eigenvalue weighted by Crippen LogP contribution is -2.62. The van der Waals surface area contributed by atoms with Gasteiger partial charge in [-0.25, -0.2) is 0 Å². The molecule has 0 aromatic rings. The third-order valence-corrected chi connectivity index (χ3v) is 7.99. The molecule has 7 atom stereocenters. The van der Waals surface area contributed by atoms with E-state index < -0.39 is 109 Å². The summed E-state index contributed by atoms with van der Waals surface area (Å²) in [6, 6.07) is -8.21. The van der Waals surface area contributed by atoms with Gasteiger partial charge in [0.05, 0.1) is 18.8 Å². The van der Waals surface area contributed by atoms with Crippen LogP contribution in [0.5, 0.6) is 0 Å². The minimum absolute atomic E-state index is 0.0115. The number of amides is 6. The zero-order valence-corrected chi connectivity index (χ0v) is 29.3. The van der Waals surface area contributed by atoms with Crippen LogP contribution in [0.15, 0.2) is 0 Å². The first-order chi connectivity index (χ1) is 24.3. The predicted octanol–water partition coefficient (Wildman–Crippen LogP) is -5.40. The fourth-order valence-electron chi connectivity index (χ4n) is 5.14. The number of guanidine groups is 1. The van der Waals surface area contributed by atoms with Crippen molar-refractivity contribution in [3.63, 3.8) is 0 Å². The topological polar surface area (TPSA) is 369 Å². The van der Waals surface area contributed by atoms with Gasteiger partial charge in [0.25, 0.3) is 0 Å². The third-order valence-electron chi connectivity index (χ3n) is 7.99. The van der Waals surface area contributed by atoms with E-state index >= 15 is 0 Å². The molecule has 0 aromatic carbocycles. The molecule has 15 N–H and O–H groups in total. The Bertz CT molecular complexity index is 1310. The summed E-state index contributed by atoms with van der Waals surface area (Å²) in [5.41, 5.74) is 11.0. The molecule has 6 amide bonds. The van der Waals surface area contributed by atoms with Crippen LogP contribution >= 0.6 is 0 Å². The fraction of sp³-hybridized carbons (Fsp3) is 0.700. The maximum absolute atomic E-state index is 13.7. The summed E-state index contributed by atoms with van der Waals surface area (Å²) < 4.78 is 0. The number of aliphatic hydroxyl groups excluding tert-OH is 2. The molecule has 0 saturated carbocycles. The zero-order valence-electron chi connectivity index (χ0n) is 29.3. The molecule has 0 unspecified atom stereocenters. The van der Waals surface area contributed by atoms with E-state index in [1.807, 2.05) is 0 Å². The van der Waals surface area contributed by atoms with Crippen LogP contribution < -0.4 is 43.4 Å². The Balaban J connectivity index is 3.05. The van der Waals surface area contributed by atoms with Crippen molar-refractivity contribution in [1.29, 1.82) is 5.41 Å². The molecule has 1 aliphatic heterocycles. The molecule has 0 spiro atoms. The van der Waals surface area contributed by atoms with E-state index in [4.69, 9.17) is 27.1 Å². The third kappa shape index (κ3) is 15.0. The lowest BCUT2D eigenvalue weighted by molar-refractivity contribution is -0.145. The van der Waals surface area contributed by atoms with E-state index in [2.05, 4.69) is 31.9 Å². The summed E-state index contributed by atoms with van der Waals surface area (Å²) in [5.74, 6) is -8.62. The van der Waals surface area contributed by atoms with E-state index in [-0.39, 0.29) is 51.2 Å². The van der Waals surface area contributed by atoms with Crippen molar-refractivity contribution in [3.05, 3.63) is 0 Å². The van der Waals surface area contributed by atoms with Crippen LogP contribution in [0.1, 0.15) is 59.3 Å². The standard InChI is InChI=1S/C30H52N10O12/c1-14(2)22(38-24(47)16(31)8-9-20(43)44)28(51)37-18(13-41)26(49)39-23(15(3)42)29(52)40-11-5-7-19(40)27(50)36-17(6-4-10-34-30(32)33)25(48)35-12-21(45)46/h14-19,22-23,41-42H,4-13,31H2,1-3H3,(H,35,48)(H,36,50)(H,37,51)(H,38,47)(H,39,49)(H,43,44)(H,45,46)(H4,32,33,34)/t15-,16+,17+,18+,19+,22+,23+/m1/s1.